The zero-order valence-electron chi connectivity index (χ0n) is 10.1. The molecule has 1 fully saturated rings. The van der Waals surface area contributed by atoms with E-state index in [4.69, 9.17) is 5.73 Å². The highest BCUT2D eigenvalue weighted by molar-refractivity contribution is 7.89. The Balaban J connectivity index is 2.33. The lowest BCUT2D eigenvalue weighted by molar-refractivity contribution is 0.409. The molecule has 7 heteroatoms. The molecule has 1 aromatic heterocycles. The average Bonchev–Trinajstić information content (AvgIpc) is 3.03. The molecule has 0 atom stereocenters. The van der Waals surface area contributed by atoms with Gasteiger partial charge in [-0.2, -0.15) is 4.31 Å². The van der Waals surface area contributed by atoms with E-state index in [1.54, 1.807) is 24.7 Å². The molecule has 1 saturated carbocycles. The summed E-state index contributed by atoms with van der Waals surface area (Å²) in [6.45, 7) is 2.48. The number of nitrogens with two attached hydrogens (primary N) is 1. The number of hydrogen-bond acceptors (Lipinski definition) is 4. The predicted molar refractivity (Wildman–Crippen MR) is 63.9 cm³/mol. The molecule has 6 nitrogen and oxygen atoms in total. The predicted octanol–water partition coefficient (Wildman–Crippen LogP) is -0.160. The van der Waals surface area contributed by atoms with Crippen LogP contribution in [0, 0.1) is 6.92 Å². The summed E-state index contributed by atoms with van der Waals surface area (Å²) in [4.78, 5) is 4.09. The lowest BCUT2D eigenvalue weighted by atomic mass is 10.6. The van der Waals surface area contributed by atoms with E-state index in [1.165, 1.54) is 4.31 Å². The first-order chi connectivity index (χ1) is 7.96. The molecule has 0 spiro atoms. The van der Waals surface area contributed by atoms with E-state index in [9.17, 15) is 8.42 Å². The maximum atomic E-state index is 12.4. The van der Waals surface area contributed by atoms with Crippen LogP contribution < -0.4 is 5.73 Å². The second-order valence-electron chi connectivity index (χ2n) is 4.37. The summed E-state index contributed by atoms with van der Waals surface area (Å²) in [5, 5.41) is 0.123. The zero-order chi connectivity index (χ0) is 12.6. The van der Waals surface area contributed by atoms with Gasteiger partial charge in [-0.05, 0) is 19.8 Å². The first-order valence-corrected chi connectivity index (χ1v) is 7.12. The van der Waals surface area contributed by atoms with Crippen LogP contribution in [0.3, 0.4) is 0 Å². The molecule has 2 rings (SSSR count). The molecule has 2 N–H and O–H groups in total. The van der Waals surface area contributed by atoms with Crippen molar-refractivity contribution < 1.29 is 8.42 Å². The number of hydrogen-bond donors (Lipinski definition) is 1. The van der Waals surface area contributed by atoms with Gasteiger partial charge in [0.1, 0.15) is 5.82 Å². The van der Waals surface area contributed by atoms with Crippen molar-refractivity contribution in [3.05, 3.63) is 12.0 Å². The van der Waals surface area contributed by atoms with E-state index in [1.807, 2.05) is 0 Å². The van der Waals surface area contributed by atoms with Gasteiger partial charge in [0.25, 0.3) is 10.0 Å². The van der Waals surface area contributed by atoms with Crippen LogP contribution in [0.5, 0.6) is 0 Å². The number of imidazole rings is 1. The van der Waals surface area contributed by atoms with Crippen LogP contribution in [0.2, 0.25) is 0 Å². The minimum Gasteiger partial charge on any atom is -0.337 e. The van der Waals surface area contributed by atoms with Gasteiger partial charge in [-0.15, -0.1) is 0 Å². The minimum atomic E-state index is -3.48. The van der Waals surface area contributed by atoms with E-state index >= 15 is 0 Å². The molecule has 0 saturated heterocycles. The van der Waals surface area contributed by atoms with Gasteiger partial charge < -0.3 is 10.3 Å². The second kappa shape index (κ2) is 4.40. The molecule has 1 aliphatic rings. The smallest absolute Gasteiger partial charge is 0.262 e. The van der Waals surface area contributed by atoms with Crippen molar-refractivity contribution in [2.75, 3.05) is 13.1 Å². The molecule has 0 amide bonds. The third kappa shape index (κ3) is 2.36. The summed E-state index contributed by atoms with van der Waals surface area (Å²) in [5.74, 6) is 0.687. The van der Waals surface area contributed by atoms with Crippen LogP contribution >= 0.6 is 0 Å². The maximum absolute atomic E-state index is 12.4. The highest BCUT2D eigenvalue weighted by Gasteiger charge is 2.38. The molecule has 0 aliphatic heterocycles. The summed E-state index contributed by atoms with van der Waals surface area (Å²) >= 11 is 0. The molecule has 0 radical (unpaired) electrons. The first-order valence-electron chi connectivity index (χ1n) is 5.68. The van der Waals surface area contributed by atoms with Gasteiger partial charge in [0.05, 0.1) is 0 Å². The van der Waals surface area contributed by atoms with Crippen molar-refractivity contribution in [1.82, 2.24) is 13.9 Å². The van der Waals surface area contributed by atoms with Crippen molar-refractivity contribution in [2.24, 2.45) is 12.8 Å². The Labute approximate surface area is 101 Å². The Hall–Kier alpha value is -0.920. The molecular formula is C10H18N4O2S. The maximum Gasteiger partial charge on any atom is 0.262 e. The summed E-state index contributed by atoms with van der Waals surface area (Å²) in [7, 11) is -1.70. The van der Waals surface area contributed by atoms with Crippen LogP contribution in [-0.4, -0.2) is 41.4 Å². The number of nitrogens with zero attached hydrogens (tertiary/aromatic N) is 3. The van der Waals surface area contributed by atoms with Gasteiger partial charge in [-0.25, -0.2) is 13.4 Å². The summed E-state index contributed by atoms with van der Waals surface area (Å²) in [6, 6.07) is 0.117. The van der Waals surface area contributed by atoms with Crippen molar-refractivity contribution >= 4 is 10.0 Å². The Kier molecular flexibility index (Phi) is 3.24. The van der Waals surface area contributed by atoms with E-state index in [-0.39, 0.29) is 11.1 Å². The van der Waals surface area contributed by atoms with Crippen molar-refractivity contribution in [1.29, 1.82) is 0 Å². The van der Waals surface area contributed by atoms with Gasteiger partial charge in [0.2, 0.25) is 0 Å². The Bertz CT molecular complexity index is 485. The molecular weight excluding hydrogens is 240 g/mol. The summed E-state index contributed by atoms with van der Waals surface area (Å²) in [6.07, 6.45) is 3.40. The number of aryl methyl sites for hydroxylation is 2. The average molecular weight is 258 g/mol. The highest BCUT2D eigenvalue weighted by Crippen LogP contribution is 2.31. The standard InChI is InChI=1S/C10H18N4O2S/c1-8-12-10(7-13(8)2)17(15,16)14(6-5-11)9-3-4-9/h7,9H,3-6,11H2,1-2H3. The largest absolute Gasteiger partial charge is 0.337 e. The van der Waals surface area contributed by atoms with Crippen LogP contribution in [0.1, 0.15) is 18.7 Å². The lowest BCUT2D eigenvalue weighted by Crippen LogP contribution is -2.37. The van der Waals surface area contributed by atoms with Gasteiger partial charge in [0, 0.05) is 32.4 Å². The monoisotopic (exact) mass is 258 g/mol. The first kappa shape index (κ1) is 12.5. The fourth-order valence-electron chi connectivity index (χ4n) is 1.76. The van der Waals surface area contributed by atoms with Crippen LogP contribution in [-0.2, 0) is 17.1 Å². The third-order valence-electron chi connectivity index (χ3n) is 2.96. The molecule has 0 bridgehead atoms. The number of rotatable bonds is 5. The Morgan fingerprint density at radius 3 is 2.65 bits per heavy atom. The normalized spacial score (nSPS) is 16.7. The van der Waals surface area contributed by atoms with Gasteiger partial charge in [-0.3, -0.25) is 0 Å². The van der Waals surface area contributed by atoms with Crippen molar-refractivity contribution in [3.63, 3.8) is 0 Å². The lowest BCUT2D eigenvalue weighted by Gasteiger charge is -2.19. The molecule has 1 aliphatic carbocycles. The van der Waals surface area contributed by atoms with Gasteiger partial charge >= 0.3 is 0 Å². The second-order valence-corrected chi connectivity index (χ2v) is 6.21. The third-order valence-corrected chi connectivity index (χ3v) is 4.79. The van der Waals surface area contributed by atoms with Crippen LogP contribution in [0.15, 0.2) is 11.2 Å². The van der Waals surface area contributed by atoms with E-state index < -0.39 is 10.0 Å². The molecule has 1 heterocycles. The van der Waals surface area contributed by atoms with Gasteiger partial charge in [0.15, 0.2) is 5.03 Å². The minimum absolute atomic E-state index is 0.117. The fraction of sp³-hybridized carbons (Fsp3) is 0.700. The van der Waals surface area contributed by atoms with Crippen LogP contribution in [0.4, 0.5) is 0 Å². The van der Waals surface area contributed by atoms with Crippen LogP contribution in [0.25, 0.3) is 0 Å². The molecule has 0 unspecified atom stereocenters. The molecule has 0 aromatic carbocycles. The molecule has 17 heavy (non-hydrogen) atoms. The highest BCUT2D eigenvalue weighted by atomic mass is 32.2. The quantitative estimate of drug-likeness (QED) is 0.795. The van der Waals surface area contributed by atoms with Crippen molar-refractivity contribution in [3.8, 4) is 0 Å². The SMILES string of the molecule is Cc1nc(S(=O)(=O)N(CCN)C2CC2)cn1C. The Morgan fingerprint density at radius 1 is 1.59 bits per heavy atom. The van der Waals surface area contributed by atoms with E-state index in [2.05, 4.69) is 4.98 Å². The summed E-state index contributed by atoms with van der Waals surface area (Å²) in [5.41, 5.74) is 5.47. The van der Waals surface area contributed by atoms with Gasteiger partial charge in [-0.1, -0.05) is 0 Å². The topological polar surface area (TPSA) is 81.2 Å². The van der Waals surface area contributed by atoms with Crippen molar-refractivity contribution in [2.45, 2.75) is 30.8 Å². The molecule has 1 aromatic rings. The zero-order valence-corrected chi connectivity index (χ0v) is 10.9. The Morgan fingerprint density at radius 2 is 2.24 bits per heavy atom. The molecule has 96 valence electrons. The van der Waals surface area contributed by atoms with E-state index in [0.717, 1.165) is 12.8 Å². The summed E-state index contributed by atoms with van der Waals surface area (Å²) < 4.78 is 27.9. The number of aromatic nitrogens is 2. The fourth-order valence-corrected chi connectivity index (χ4v) is 3.49. The van der Waals surface area contributed by atoms with E-state index in [0.29, 0.717) is 18.9 Å². The number of sulfonamides is 1.